The molecular weight excluding hydrogens is 915 g/mol. The van der Waals surface area contributed by atoms with Crippen LogP contribution in [0, 0.1) is 11.3 Å². The molecular formula is C69H63N5O. The van der Waals surface area contributed by atoms with Crippen LogP contribution in [0.2, 0.25) is 0 Å². The number of fused-ring (bicyclic) bond motifs is 9. The van der Waals surface area contributed by atoms with Crippen molar-refractivity contribution >= 4 is 65.6 Å². The number of benzene rings is 8. The van der Waals surface area contributed by atoms with Gasteiger partial charge in [0.15, 0.2) is 11.4 Å². The first kappa shape index (κ1) is 47.7. The Morgan fingerprint density at radius 3 is 1.31 bits per heavy atom. The highest BCUT2D eigenvalue weighted by molar-refractivity contribution is 6.18. The molecule has 0 unspecified atom stereocenters. The van der Waals surface area contributed by atoms with Crippen molar-refractivity contribution in [2.45, 2.75) is 105 Å². The standard InChI is InChI=1S/C69H63N5O/c1-66(2,3)44-26-30-56-50(35-44)51-36-45(67(4,5)6)27-31-57(51)73(56)60-34-43(40-70)61-49-25-19-24-48(55-39-54(41-20-15-13-16-21-41)71-65(72-55)42-22-17-14-18-23-42)63(49)75-64(61)62(60)74-58-32-28-46(68(7,8)9)37-52(58)53-38-47(69(10,11)12)29-33-59(53)74/h13-39H,1-12H3. The van der Waals surface area contributed by atoms with E-state index in [2.05, 4.69) is 214 Å². The molecule has 8 aromatic carbocycles. The lowest BCUT2D eigenvalue weighted by Gasteiger charge is -2.21. The van der Waals surface area contributed by atoms with Gasteiger partial charge in [-0.25, -0.2) is 9.97 Å². The average Bonchev–Trinajstić information content (AvgIpc) is 4.05. The molecule has 12 aromatic rings. The van der Waals surface area contributed by atoms with Crippen LogP contribution in [0.4, 0.5) is 0 Å². The zero-order valence-corrected chi connectivity index (χ0v) is 45.2. The molecule has 0 N–H and O–H groups in total. The Labute approximate surface area is 439 Å². The van der Waals surface area contributed by atoms with E-state index in [1.807, 2.05) is 48.5 Å². The van der Waals surface area contributed by atoms with Gasteiger partial charge in [0.25, 0.3) is 0 Å². The highest BCUT2D eigenvalue weighted by atomic mass is 16.3. The number of nitriles is 1. The van der Waals surface area contributed by atoms with Gasteiger partial charge in [-0.05, 0) is 111 Å². The Morgan fingerprint density at radius 1 is 0.413 bits per heavy atom. The van der Waals surface area contributed by atoms with Gasteiger partial charge in [0, 0.05) is 49.0 Å². The summed E-state index contributed by atoms with van der Waals surface area (Å²) in [5.74, 6) is 0.617. The van der Waals surface area contributed by atoms with Crippen LogP contribution in [0.3, 0.4) is 0 Å². The topological polar surface area (TPSA) is 72.6 Å². The lowest BCUT2D eigenvalue weighted by atomic mass is 9.85. The molecule has 6 heteroatoms. The lowest BCUT2D eigenvalue weighted by molar-refractivity contribution is 0.590. The molecule has 0 amide bonds. The highest BCUT2D eigenvalue weighted by Crippen LogP contribution is 2.48. The summed E-state index contributed by atoms with van der Waals surface area (Å²) < 4.78 is 12.4. The molecule has 0 saturated carbocycles. The van der Waals surface area contributed by atoms with Gasteiger partial charge in [0.1, 0.15) is 11.3 Å². The number of nitrogens with zero attached hydrogens (tertiary/aromatic N) is 5. The SMILES string of the molecule is CC(C)(C)c1ccc2c(c1)c1cc(C(C)(C)C)ccc1n2-c1cc(C#N)c2c(oc3c(-c4cc(-c5ccccc5)nc(-c5ccccc5)n4)cccc32)c1-n1c2ccc(C(C)(C)C)cc2c2cc(C(C)(C)C)ccc21. The summed E-state index contributed by atoms with van der Waals surface area (Å²) in [5.41, 5.74) is 16.7. The van der Waals surface area contributed by atoms with E-state index in [1.54, 1.807) is 0 Å². The molecule has 370 valence electrons. The van der Waals surface area contributed by atoms with Gasteiger partial charge in [0.05, 0.1) is 50.8 Å². The first-order valence-corrected chi connectivity index (χ1v) is 26.3. The third-order valence-corrected chi connectivity index (χ3v) is 15.4. The van der Waals surface area contributed by atoms with Crippen LogP contribution in [0.15, 0.2) is 168 Å². The fraction of sp³-hybridized carbons (Fsp3) is 0.232. The molecule has 0 atom stereocenters. The predicted octanol–water partition coefficient (Wildman–Crippen LogP) is 18.6. The van der Waals surface area contributed by atoms with Crippen LogP contribution in [0.1, 0.15) is 111 Å². The zero-order chi connectivity index (χ0) is 52.5. The second-order valence-electron chi connectivity index (χ2n) is 24.7. The van der Waals surface area contributed by atoms with E-state index in [1.165, 1.54) is 43.8 Å². The summed E-state index contributed by atoms with van der Waals surface area (Å²) in [6.45, 7) is 27.4. The maximum atomic E-state index is 11.6. The van der Waals surface area contributed by atoms with Gasteiger partial charge < -0.3 is 13.6 Å². The molecule has 0 bridgehead atoms. The van der Waals surface area contributed by atoms with Crippen molar-refractivity contribution in [3.63, 3.8) is 0 Å². The number of furan rings is 1. The predicted molar refractivity (Wildman–Crippen MR) is 314 cm³/mol. The van der Waals surface area contributed by atoms with Crippen molar-refractivity contribution in [2.24, 2.45) is 0 Å². The molecule has 6 nitrogen and oxygen atoms in total. The number of aromatic nitrogens is 4. The van der Waals surface area contributed by atoms with Crippen molar-refractivity contribution in [1.82, 2.24) is 19.1 Å². The Balaban J connectivity index is 1.27. The maximum absolute atomic E-state index is 11.6. The monoisotopic (exact) mass is 978 g/mol. The van der Waals surface area contributed by atoms with Gasteiger partial charge in [-0.1, -0.05) is 180 Å². The van der Waals surface area contributed by atoms with Crippen molar-refractivity contribution in [2.75, 3.05) is 0 Å². The first-order valence-electron chi connectivity index (χ1n) is 26.3. The quantitative estimate of drug-likeness (QED) is 0.172. The third kappa shape index (κ3) is 7.91. The summed E-state index contributed by atoms with van der Waals surface area (Å²) in [4.78, 5) is 10.4. The number of hydrogen-bond acceptors (Lipinski definition) is 4. The molecule has 4 aromatic heterocycles. The smallest absolute Gasteiger partial charge is 0.162 e. The van der Waals surface area contributed by atoms with Crippen LogP contribution in [-0.4, -0.2) is 19.1 Å². The number of hydrogen-bond donors (Lipinski definition) is 0. The van der Waals surface area contributed by atoms with Crippen LogP contribution in [0.5, 0.6) is 0 Å². The minimum absolute atomic E-state index is 0.0809. The Bertz CT molecular complexity index is 4120. The molecule has 0 aliphatic rings. The van der Waals surface area contributed by atoms with Crippen LogP contribution < -0.4 is 0 Å². The molecule has 12 rings (SSSR count). The highest BCUT2D eigenvalue weighted by Gasteiger charge is 2.30. The Kier molecular flexibility index (Phi) is 10.7. The van der Waals surface area contributed by atoms with Crippen molar-refractivity contribution in [3.05, 3.63) is 192 Å². The van der Waals surface area contributed by atoms with E-state index in [0.29, 0.717) is 22.6 Å². The second-order valence-corrected chi connectivity index (χ2v) is 24.7. The molecule has 75 heavy (non-hydrogen) atoms. The third-order valence-electron chi connectivity index (χ3n) is 15.4. The Hall–Kier alpha value is -8.27. The van der Waals surface area contributed by atoms with Crippen molar-refractivity contribution in [3.8, 4) is 51.3 Å². The fourth-order valence-electron chi connectivity index (χ4n) is 11.1. The summed E-state index contributed by atoms with van der Waals surface area (Å²) in [6, 6.07) is 61.3. The molecule has 0 spiro atoms. The number of para-hydroxylation sites is 1. The molecule has 0 saturated heterocycles. The first-order chi connectivity index (χ1) is 35.7. The molecule has 0 radical (unpaired) electrons. The van der Waals surface area contributed by atoms with E-state index >= 15 is 0 Å². The molecule has 0 fully saturated rings. The average molecular weight is 978 g/mol. The minimum Gasteiger partial charge on any atom is -0.453 e. The van der Waals surface area contributed by atoms with E-state index in [0.717, 1.165) is 72.3 Å². The van der Waals surface area contributed by atoms with Crippen molar-refractivity contribution < 1.29 is 4.42 Å². The van der Waals surface area contributed by atoms with E-state index in [-0.39, 0.29) is 21.7 Å². The van der Waals surface area contributed by atoms with Gasteiger partial charge in [0.2, 0.25) is 0 Å². The minimum atomic E-state index is -0.0885. The maximum Gasteiger partial charge on any atom is 0.162 e. The molecule has 0 aliphatic heterocycles. The van der Waals surface area contributed by atoms with Gasteiger partial charge >= 0.3 is 0 Å². The summed E-state index contributed by atoms with van der Waals surface area (Å²) in [5, 5.41) is 17.8. The van der Waals surface area contributed by atoms with E-state index < -0.39 is 0 Å². The largest absolute Gasteiger partial charge is 0.453 e. The second kappa shape index (κ2) is 16.9. The molecule has 4 heterocycles. The lowest BCUT2D eigenvalue weighted by Crippen LogP contribution is -2.11. The number of rotatable bonds is 5. The summed E-state index contributed by atoms with van der Waals surface area (Å²) in [6.07, 6.45) is 0. The van der Waals surface area contributed by atoms with Crippen LogP contribution in [0.25, 0.3) is 111 Å². The normalized spacial score (nSPS) is 12.8. The van der Waals surface area contributed by atoms with Gasteiger partial charge in [-0.2, -0.15) is 5.26 Å². The van der Waals surface area contributed by atoms with Crippen molar-refractivity contribution in [1.29, 1.82) is 5.26 Å². The van der Waals surface area contributed by atoms with Crippen LogP contribution >= 0.6 is 0 Å². The fourth-order valence-corrected chi connectivity index (χ4v) is 11.1. The Morgan fingerprint density at radius 2 is 0.853 bits per heavy atom. The zero-order valence-electron chi connectivity index (χ0n) is 45.2. The van der Waals surface area contributed by atoms with E-state index in [4.69, 9.17) is 14.4 Å². The molecule has 0 aliphatic carbocycles. The van der Waals surface area contributed by atoms with Crippen LogP contribution in [-0.2, 0) is 21.7 Å². The van der Waals surface area contributed by atoms with Gasteiger partial charge in [-0.15, -0.1) is 0 Å². The summed E-state index contributed by atoms with van der Waals surface area (Å²) in [7, 11) is 0. The van der Waals surface area contributed by atoms with Gasteiger partial charge in [-0.3, -0.25) is 0 Å². The summed E-state index contributed by atoms with van der Waals surface area (Å²) >= 11 is 0. The van der Waals surface area contributed by atoms with E-state index in [9.17, 15) is 5.26 Å².